The summed E-state index contributed by atoms with van der Waals surface area (Å²) in [6, 6.07) is 8.48. The molecule has 1 aliphatic rings. The average molecular weight is 276 g/mol. The second-order valence-electron chi connectivity index (χ2n) is 5.33. The van der Waals surface area contributed by atoms with Crippen LogP contribution in [0.15, 0.2) is 24.3 Å². The van der Waals surface area contributed by atoms with Crippen molar-refractivity contribution in [2.75, 3.05) is 26.3 Å². The molecule has 1 unspecified atom stereocenters. The highest BCUT2D eigenvalue weighted by molar-refractivity contribution is 5.76. The van der Waals surface area contributed by atoms with Gasteiger partial charge in [-0.05, 0) is 19.4 Å². The quantitative estimate of drug-likeness (QED) is 0.890. The Bertz CT molecular complexity index is 442. The fourth-order valence-corrected chi connectivity index (χ4v) is 2.50. The van der Waals surface area contributed by atoms with Gasteiger partial charge in [0.05, 0.1) is 13.2 Å². The van der Waals surface area contributed by atoms with Gasteiger partial charge in [-0.3, -0.25) is 4.79 Å². The minimum Gasteiger partial charge on any atom is -0.378 e. The van der Waals surface area contributed by atoms with E-state index in [1.54, 1.807) is 0 Å². The van der Waals surface area contributed by atoms with E-state index in [9.17, 15) is 4.79 Å². The Kier molecular flexibility index (Phi) is 5.56. The summed E-state index contributed by atoms with van der Waals surface area (Å²) in [5.41, 5.74) is 2.42. The number of carbonyl (C=O) groups excluding carboxylic acids is 1. The van der Waals surface area contributed by atoms with Gasteiger partial charge in [-0.1, -0.05) is 29.8 Å². The number of amides is 1. The Morgan fingerprint density at radius 3 is 3.00 bits per heavy atom. The molecule has 1 aromatic carbocycles. The zero-order valence-electron chi connectivity index (χ0n) is 12.4. The predicted octanol–water partition coefficient (Wildman–Crippen LogP) is 1.72. The second kappa shape index (κ2) is 7.41. The molecule has 1 N–H and O–H groups in total. The number of nitrogens with zero attached hydrogens (tertiary/aromatic N) is 1. The minimum atomic E-state index is 0.155. The standard InChI is InChI=1S/C16H24N2O2/c1-3-18(11-14-6-4-5-13(2)9-14)16(19)10-15-12-20-8-7-17-15/h4-6,9,15,17H,3,7-8,10-12H2,1-2H3. The number of morpholine rings is 1. The summed E-state index contributed by atoms with van der Waals surface area (Å²) in [5.74, 6) is 0.192. The minimum absolute atomic E-state index is 0.155. The van der Waals surface area contributed by atoms with Crippen molar-refractivity contribution in [3.8, 4) is 0 Å². The Balaban J connectivity index is 1.91. The van der Waals surface area contributed by atoms with E-state index in [1.165, 1.54) is 11.1 Å². The largest absolute Gasteiger partial charge is 0.378 e. The number of rotatable bonds is 5. The van der Waals surface area contributed by atoms with Crippen molar-refractivity contribution in [3.63, 3.8) is 0 Å². The fourth-order valence-electron chi connectivity index (χ4n) is 2.50. The maximum absolute atomic E-state index is 12.4. The van der Waals surface area contributed by atoms with Gasteiger partial charge in [-0.2, -0.15) is 0 Å². The summed E-state index contributed by atoms with van der Waals surface area (Å²) < 4.78 is 5.40. The van der Waals surface area contributed by atoms with Gasteiger partial charge in [0.1, 0.15) is 0 Å². The summed E-state index contributed by atoms with van der Waals surface area (Å²) in [6.45, 7) is 7.73. The molecule has 0 saturated carbocycles. The van der Waals surface area contributed by atoms with Crippen LogP contribution in [0.5, 0.6) is 0 Å². The van der Waals surface area contributed by atoms with Gasteiger partial charge >= 0.3 is 0 Å². The van der Waals surface area contributed by atoms with E-state index in [-0.39, 0.29) is 11.9 Å². The smallest absolute Gasteiger partial charge is 0.224 e. The first kappa shape index (κ1) is 15.0. The van der Waals surface area contributed by atoms with E-state index in [2.05, 4.69) is 30.4 Å². The van der Waals surface area contributed by atoms with E-state index in [0.29, 0.717) is 19.6 Å². The van der Waals surface area contributed by atoms with E-state index in [0.717, 1.165) is 19.7 Å². The van der Waals surface area contributed by atoms with Crippen LogP contribution >= 0.6 is 0 Å². The van der Waals surface area contributed by atoms with Crippen LogP contribution in [0, 0.1) is 6.92 Å². The SMILES string of the molecule is CCN(Cc1cccc(C)c1)C(=O)CC1COCCN1. The van der Waals surface area contributed by atoms with Gasteiger partial charge in [0.2, 0.25) is 5.91 Å². The Morgan fingerprint density at radius 1 is 1.50 bits per heavy atom. The van der Waals surface area contributed by atoms with Crippen molar-refractivity contribution in [1.82, 2.24) is 10.2 Å². The molecule has 0 aromatic heterocycles. The van der Waals surface area contributed by atoms with Crippen molar-refractivity contribution in [2.24, 2.45) is 0 Å². The molecule has 0 aliphatic carbocycles. The lowest BCUT2D eigenvalue weighted by atomic mass is 10.1. The topological polar surface area (TPSA) is 41.6 Å². The van der Waals surface area contributed by atoms with Gasteiger partial charge in [0.25, 0.3) is 0 Å². The molecule has 0 bridgehead atoms. The molecule has 20 heavy (non-hydrogen) atoms. The van der Waals surface area contributed by atoms with Crippen LogP contribution in [-0.2, 0) is 16.1 Å². The number of hydrogen-bond donors (Lipinski definition) is 1. The van der Waals surface area contributed by atoms with Crippen LogP contribution in [0.2, 0.25) is 0 Å². The number of ether oxygens (including phenoxy) is 1. The molecule has 1 amide bonds. The summed E-state index contributed by atoms with van der Waals surface area (Å²) in [6.07, 6.45) is 0.514. The molecule has 1 fully saturated rings. The lowest BCUT2D eigenvalue weighted by molar-refractivity contribution is -0.132. The van der Waals surface area contributed by atoms with Gasteiger partial charge in [-0.25, -0.2) is 0 Å². The highest BCUT2D eigenvalue weighted by Crippen LogP contribution is 2.10. The summed E-state index contributed by atoms with van der Waals surface area (Å²) in [4.78, 5) is 14.3. The zero-order valence-corrected chi connectivity index (χ0v) is 12.4. The maximum atomic E-state index is 12.4. The lowest BCUT2D eigenvalue weighted by Crippen LogP contribution is -2.45. The van der Waals surface area contributed by atoms with E-state index in [4.69, 9.17) is 4.74 Å². The normalized spacial score (nSPS) is 18.8. The first-order valence-electron chi connectivity index (χ1n) is 7.33. The first-order chi connectivity index (χ1) is 9.69. The van der Waals surface area contributed by atoms with Crippen molar-refractivity contribution in [1.29, 1.82) is 0 Å². The van der Waals surface area contributed by atoms with E-state index in [1.807, 2.05) is 17.9 Å². The van der Waals surface area contributed by atoms with Crippen LogP contribution in [0.4, 0.5) is 0 Å². The lowest BCUT2D eigenvalue weighted by Gasteiger charge is -2.27. The first-order valence-corrected chi connectivity index (χ1v) is 7.33. The average Bonchev–Trinajstić information content (AvgIpc) is 2.46. The van der Waals surface area contributed by atoms with Crippen molar-refractivity contribution < 1.29 is 9.53 Å². The highest BCUT2D eigenvalue weighted by atomic mass is 16.5. The molecule has 1 aliphatic heterocycles. The van der Waals surface area contributed by atoms with Crippen LogP contribution in [0.1, 0.15) is 24.5 Å². The molecule has 4 heteroatoms. The van der Waals surface area contributed by atoms with Crippen LogP contribution < -0.4 is 5.32 Å². The monoisotopic (exact) mass is 276 g/mol. The third-order valence-electron chi connectivity index (χ3n) is 3.61. The molecule has 1 aromatic rings. The Hall–Kier alpha value is -1.39. The van der Waals surface area contributed by atoms with Crippen LogP contribution in [0.3, 0.4) is 0 Å². The number of aryl methyl sites for hydroxylation is 1. The van der Waals surface area contributed by atoms with Crippen molar-refractivity contribution in [2.45, 2.75) is 32.9 Å². The number of carbonyl (C=O) groups is 1. The van der Waals surface area contributed by atoms with Crippen LogP contribution in [0.25, 0.3) is 0 Å². The molecular formula is C16H24N2O2. The molecule has 1 atom stereocenters. The number of hydrogen-bond acceptors (Lipinski definition) is 3. The Morgan fingerprint density at radius 2 is 2.35 bits per heavy atom. The third kappa shape index (κ3) is 4.32. The number of benzene rings is 1. The van der Waals surface area contributed by atoms with Gasteiger partial charge < -0.3 is 15.0 Å². The molecule has 4 nitrogen and oxygen atoms in total. The fraction of sp³-hybridized carbons (Fsp3) is 0.562. The van der Waals surface area contributed by atoms with E-state index >= 15 is 0 Å². The summed E-state index contributed by atoms with van der Waals surface area (Å²) >= 11 is 0. The molecule has 1 saturated heterocycles. The summed E-state index contributed by atoms with van der Waals surface area (Å²) in [5, 5.41) is 3.33. The van der Waals surface area contributed by atoms with E-state index < -0.39 is 0 Å². The van der Waals surface area contributed by atoms with Crippen molar-refractivity contribution >= 4 is 5.91 Å². The molecule has 1 heterocycles. The van der Waals surface area contributed by atoms with Crippen LogP contribution in [-0.4, -0.2) is 43.2 Å². The maximum Gasteiger partial charge on any atom is 0.224 e. The molecule has 0 radical (unpaired) electrons. The van der Waals surface area contributed by atoms with Gasteiger partial charge in [0, 0.05) is 32.1 Å². The second-order valence-corrected chi connectivity index (χ2v) is 5.33. The van der Waals surface area contributed by atoms with Gasteiger partial charge in [0.15, 0.2) is 0 Å². The Labute approximate surface area is 121 Å². The molecular weight excluding hydrogens is 252 g/mol. The molecule has 2 rings (SSSR count). The molecule has 110 valence electrons. The van der Waals surface area contributed by atoms with Crippen molar-refractivity contribution in [3.05, 3.63) is 35.4 Å². The predicted molar refractivity (Wildman–Crippen MR) is 79.5 cm³/mol. The number of nitrogens with one attached hydrogen (secondary N) is 1. The zero-order chi connectivity index (χ0) is 14.4. The van der Waals surface area contributed by atoms with Gasteiger partial charge in [-0.15, -0.1) is 0 Å². The summed E-state index contributed by atoms with van der Waals surface area (Å²) in [7, 11) is 0. The molecule has 0 spiro atoms. The highest BCUT2D eigenvalue weighted by Gasteiger charge is 2.20. The third-order valence-corrected chi connectivity index (χ3v) is 3.61.